The van der Waals surface area contributed by atoms with E-state index in [2.05, 4.69) is 4.98 Å². The summed E-state index contributed by atoms with van der Waals surface area (Å²) in [6.07, 6.45) is 1.48. The number of hydrogen-bond acceptors (Lipinski definition) is 4. The zero-order chi connectivity index (χ0) is 10.1. The van der Waals surface area contributed by atoms with Gasteiger partial charge in [-0.15, -0.1) is 0 Å². The van der Waals surface area contributed by atoms with Crippen molar-refractivity contribution < 1.29 is 4.92 Å². The fraction of sp³-hybridized carbons (Fsp3) is 0. The SMILES string of the molecule is Nc1cnc2cc([N+](=O)[O-])ccc2c1. The molecule has 2 N–H and O–H groups in total. The van der Waals surface area contributed by atoms with Gasteiger partial charge in [-0.1, -0.05) is 0 Å². The van der Waals surface area contributed by atoms with Gasteiger partial charge in [0.1, 0.15) is 0 Å². The van der Waals surface area contributed by atoms with Gasteiger partial charge in [-0.05, 0) is 12.1 Å². The third-order valence-corrected chi connectivity index (χ3v) is 1.90. The average molecular weight is 189 g/mol. The summed E-state index contributed by atoms with van der Waals surface area (Å²) in [5.41, 5.74) is 6.69. The van der Waals surface area contributed by atoms with E-state index in [4.69, 9.17) is 5.73 Å². The first-order valence-electron chi connectivity index (χ1n) is 3.96. The Hall–Kier alpha value is -2.17. The summed E-state index contributed by atoms with van der Waals surface area (Å²) in [5.74, 6) is 0. The first-order valence-corrected chi connectivity index (χ1v) is 3.96. The molecule has 5 nitrogen and oxygen atoms in total. The second-order valence-corrected chi connectivity index (χ2v) is 2.90. The number of rotatable bonds is 1. The van der Waals surface area contributed by atoms with Gasteiger partial charge in [-0.3, -0.25) is 15.1 Å². The van der Waals surface area contributed by atoms with Crippen LogP contribution in [0, 0.1) is 10.1 Å². The molecule has 5 heteroatoms. The zero-order valence-corrected chi connectivity index (χ0v) is 7.18. The number of aromatic nitrogens is 1. The summed E-state index contributed by atoms with van der Waals surface area (Å²) in [5, 5.41) is 11.3. The molecule has 1 aromatic heterocycles. The normalized spacial score (nSPS) is 10.3. The van der Waals surface area contributed by atoms with Crippen LogP contribution in [-0.2, 0) is 0 Å². The lowest BCUT2D eigenvalue weighted by molar-refractivity contribution is -0.384. The van der Waals surface area contributed by atoms with Crippen LogP contribution in [0.2, 0.25) is 0 Å². The molecule has 0 saturated carbocycles. The van der Waals surface area contributed by atoms with Crippen LogP contribution in [0.15, 0.2) is 30.5 Å². The third kappa shape index (κ3) is 1.35. The molecule has 0 aliphatic carbocycles. The maximum absolute atomic E-state index is 10.5. The van der Waals surface area contributed by atoms with Crippen molar-refractivity contribution in [2.45, 2.75) is 0 Å². The van der Waals surface area contributed by atoms with E-state index in [1.165, 1.54) is 18.3 Å². The Morgan fingerprint density at radius 1 is 1.36 bits per heavy atom. The number of fused-ring (bicyclic) bond motifs is 1. The molecule has 1 heterocycles. The minimum atomic E-state index is -0.447. The first-order chi connectivity index (χ1) is 6.66. The number of anilines is 1. The van der Waals surface area contributed by atoms with Crippen LogP contribution >= 0.6 is 0 Å². The quantitative estimate of drug-likeness (QED) is 0.547. The number of nitro groups is 1. The Kier molecular flexibility index (Phi) is 1.78. The van der Waals surface area contributed by atoms with Gasteiger partial charge in [0.25, 0.3) is 5.69 Å². The minimum Gasteiger partial charge on any atom is -0.397 e. The van der Waals surface area contributed by atoms with Gasteiger partial charge in [0.15, 0.2) is 0 Å². The van der Waals surface area contributed by atoms with Crippen molar-refractivity contribution in [3.05, 3.63) is 40.6 Å². The second kappa shape index (κ2) is 2.95. The Labute approximate surface area is 79.3 Å². The van der Waals surface area contributed by atoms with Crippen LogP contribution in [0.3, 0.4) is 0 Å². The lowest BCUT2D eigenvalue weighted by atomic mass is 10.2. The predicted molar refractivity (Wildman–Crippen MR) is 52.8 cm³/mol. The van der Waals surface area contributed by atoms with Gasteiger partial charge in [-0.25, -0.2) is 0 Å². The number of hydrogen-bond donors (Lipinski definition) is 1. The second-order valence-electron chi connectivity index (χ2n) is 2.90. The van der Waals surface area contributed by atoms with E-state index in [0.717, 1.165) is 5.39 Å². The molecule has 1 aromatic carbocycles. The fourth-order valence-electron chi connectivity index (χ4n) is 1.24. The van der Waals surface area contributed by atoms with Gasteiger partial charge in [0.05, 0.1) is 22.3 Å². The Balaban J connectivity index is 2.67. The molecule has 14 heavy (non-hydrogen) atoms. The number of pyridine rings is 1. The van der Waals surface area contributed by atoms with Crippen molar-refractivity contribution in [2.75, 3.05) is 5.73 Å². The molecular formula is C9H7N3O2. The smallest absolute Gasteiger partial charge is 0.271 e. The molecular weight excluding hydrogens is 182 g/mol. The van der Waals surface area contributed by atoms with Crippen molar-refractivity contribution in [3.8, 4) is 0 Å². The summed E-state index contributed by atoms with van der Waals surface area (Å²) < 4.78 is 0. The van der Waals surface area contributed by atoms with E-state index in [1.807, 2.05) is 0 Å². The molecule has 0 radical (unpaired) electrons. The van der Waals surface area contributed by atoms with Crippen LogP contribution in [0.25, 0.3) is 10.9 Å². The van der Waals surface area contributed by atoms with Gasteiger partial charge < -0.3 is 5.73 Å². The van der Waals surface area contributed by atoms with Crippen molar-refractivity contribution >= 4 is 22.3 Å². The topological polar surface area (TPSA) is 82.0 Å². The Bertz CT molecular complexity index is 510. The Morgan fingerprint density at radius 2 is 2.14 bits per heavy atom. The number of benzene rings is 1. The summed E-state index contributed by atoms with van der Waals surface area (Å²) in [6, 6.07) is 6.22. The van der Waals surface area contributed by atoms with Gasteiger partial charge >= 0.3 is 0 Å². The van der Waals surface area contributed by atoms with Gasteiger partial charge in [0.2, 0.25) is 0 Å². The molecule has 0 aliphatic rings. The summed E-state index contributed by atoms with van der Waals surface area (Å²) in [6.45, 7) is 0. The Morgan fingerprint density at radius 3 is 2.86 bits per heavy atom. The van der Waals surface area contributed by atoms with E-state index in [-0.39, 0.29) is 5.69 Å². The standard InChI is InChI=1S/C9H7N3O2/c10-7-3-6-1-2-8(12(13)14)4-9(6)11-5-7/h1-5H,10H2. The molecule has 0 unspecified atom stereocenters. The van der Waals surface area contributed by atoms with E-state index < -0.39 is 4.92 Å². The van der Waals surface area contributed by atoms with E-state index in [0.29, 0.717) is 11.2 Å². The molecule has 0 aliphatic heterocycles. The lowest BCUT2D eigenvalue weighted by Crippen LogP contribution is -1.90. The largest absolute Gasteiger partial charge is 0.397 e. The van der Waals surface area contributed by atoms with Crippen molar-refractivity contribution in [2.24, 2.45) is 0 Å². The van der Waals surface area contributed by atoms with Crippen LogP contribution in [-0.4, -0.2) is 9.91 Å². The maximum atomic E-state index is 10.5. The summed E-state index contributed by atoms with van der Waals surface area (Å²) >= 11 is 0. The van der Waals surface area contributed by atoms with Gasteiger partial charge in [-0.2, -0.15) is 0 Å². The molecule has 70 valence electrons. The molecule has 2 aromatic rings. The molecule has 2 rings (SSSR count). The van der Waals surface area contributed by atoms with Crippen molar-refractivity contribution in [1.29, 1.82) is 0 Å². The van der Waals surface area contributed by atoms with Crippen LogP contribution in [0.4, 0.5) is 11.4 Å². The van der Waals surface area contributed by atoms with Crippen LogP contribution in [0.5, 0.6) is 0 Å². The highest BCUT2D eigenvalue weighted by Gasteiger charge is 2.06. The zero-order valence-electron chi connectivity index (χ0n) is 7.18. The highest BCUT2D eigenvalue weighted by Crippen LogP contribution is 2.20. The van der Waals surface area contributed by atoms with E-state index in [1.54, 1.807) is 12.1 Å². The van der Waals surface area contributed by atoms with Gasteiger partial charge in [0, 0.05) is 17.5 Å². The minimum absolute atomic E-state index is 0.0368. The van der Waals surface area contributed by atoms with E-state index >= 15 is 0 Å². The third-order valence-electron chi connectivity index (χ3n) is 1.90. The highest BCUT2D eigenvalue weighted by atomic mass is 16.6. The average Bonchev–Trinajstić information content (AvgIpc) is 2.16. The highest BCUT2D eigenvalue weighted by molar-refractivity contribution is 5.83. The van der Waals surface area contributed by atoms with Crippen LogP contribution < -0.4 is 5.73 Å². The first kappa shape index (κ1) is 8.43. The van der Waals surface area contributed by atoms with E-state index in [9.17, 15) is 10.1 Å². The number of non-ortho nitro benzene ring substituents is 1. The monoisotopic (exact) mass is 189 g/mol. The number of nitrogens with two attached hydrogens (primary N) is 1. The molecule has 0 amide bonds. The van der Waals surface area contributed by atoms with Crippen LogP contribution in [0.1, 0.15) is 0 Å². The predicted octanol–water partition coefficient (Wildman–Crippen LogP) is 1.73. The molecule has 0 spiro atoms. The molecule has 0 saturated heterocycles. The summed E-state index contributed by atoms with van der Waals surface area (Å²) in [7, 11) is 0. The number of nitro benzene ring substituents is 1. The molecule has 0 fully saturated rings. The molecule has 0 atom stereocenters. The van der Waals surface area contributed by atoms with Crippen molar-refractivity contribution in [3.63, 3.8) is 0 Å². The number of nitrogens with zero attached hydrogens (tertiary/aromatic N) is 2. The maximum Gasteiger partial charge on any atom is 0.271 e. The lowest BCUT2D eigenvalue weighted by Gasteiger charge is -1.97. The summed E-state index contributed by atoms with van der Waals surface area (Å²) in [4.78, 5) is 14.0. The van der Waals surface area contributed by atoms with Crippen molar-refractivity contribution in [1.82, 2.24) is 4.98 Å². The number of nitrogen functional groups attached to an aromatic ring is 1. The fourth-order valence-corrected chi connectivity index (χ4v) is 1.24. The molecule has 0 bridgehead atoms.